The number of rotatable bonds is 2. The number of halogens is 3. The summed E-state index contributed by atoms with van der Waals surface area (Å²) in [6.45, 7) is 2.69. The third-order valence-corrected chi connectivity index (χ3v) is 5.03. The van der Waals surface area contributed by atoms with E-state index < -0.39 is 24.1 Å². The number of hydrogen-bond acceptors (Lipinski definition) is 2. The van der Waals surface area contributed by atoms with E-state index in [0.29, 0.717) is 38.8 Å². The van der Waals surface area contributed by atoms with E-state index in [1.807, 2.05) is 6.92 Å². The van der Waals surface area contributed by atoms with E-state index in [0.717, 1.165) is 6.42 Å². The number of alkyl halides is 3. The van der Waals surface area contributed by atoms with Crippen molar-refractivity contribution in [3.63, 3.8) is 0 Å². The summed E-state index contributed by atoms with van der Waals surface area (Å²) in [6.07, 6.45) is -1.90. The van der Waals surface area contributed by atoms with Crippen LogP contribution >= 0.6 is 0 Å². The fraction of sp³-hybridized carbons (Fsp3) is 0.933. The van der Waals surface area contributed by atoms with Crippen molar-refractivity contribution in [3.8, 4) is 0 Å². The molecule has 6 heteroatoms. The van der Waals surface area contributed by atoms with Crippen LogP contribution in [0.15, 0.2) is 0 Å². The quantitative estimate of drug-likeness (QED) is 0.852. The average molecular weight is 307 g/mol. The molecule has 0 aromatic heterocycles. The predicted molar refractivity (Wildman–Crippen MR) is 72.5 cm³/mol. The lowest BCUT2D eigenvalue weighted by Gasteiger charge is -2.40. The Morgan fingerprint density at radius 1 is 1.24 bits per heavy atom. The van der Waals surface area contributed by atoms with Crippen LogP contribution in [-0.4, -0.2) is 41.3 Å². The maximum Gasteiger partial charge on any atom is 0.392 e. The van der Waals surface area contributed by atoms with Gasteiger partial charge in [0.1, 0.15) is 0 Å². The first-order valence-corrected chi connectivity index (χ1v) is 7.88. The zero-order valence-electron chi connectivity index (χ0n) is 12.4. The van der Waals surface area contributed by atoms with Gasteiger partial charge in [0, 0.05) is 24.9 Å². The SMILES string of the molecule is CCC1CN(C(=O)C2CCCCC2C(F)(F)F)CCC1O. The molecule has 1 amide bonds. The van der Waals surface area contributed by atoms with E-state index in [4.69, 9.17) is 0 Å². The highest BCUT2D eigenvalue weighted by molar-refractivity contribution is 5.79. The molecular formula is C15H24F3NO2. The Morgan fingerprint density at radius 3 is 2.52 bits per heavy atom. The van der Waals surface area contributed by atoms with Gasteiger partial charge >= 0.3 is 6.18 Å². The monoisotopic (exact) mass is 307 g/mol. The van der Waals surface area contributed by atoms with Gasteiger partial charge in [0.15, 0.2) is 0 Å². The first-order chi connectivity index (χ1) is 9.84. The van der Waals surface area contributed by atoms with Crippen LogP contribution in [0.25, 0.3) is 0 Å². The number of nitrogens with zero attached hydrogens (tertiary/aromatic N) is 1. The number of aliphatic hydroxyl groups is 1. The van der Waals surface area contributed by atoms with Crippen molar-refractivity contribution in [1.29, 1.82) is 0 Å². The molecule has 2 aliphatic rings. The van der Waals surface area contributed by atoms with E-state index in [1.165, 1.54) is 0 Å². The molecular weight excluding hydrogens is 283 g/mol. The molecule has 21 heavy (non-hydrogen) atoms. The van der Waals surface area contributed by atoms with Crippen molar-refractivity contribution in [2.24, 2.45) is 17.8 Å². The van der Waals surface area contributed by atoms with E-state index in [1.54, 1.807) is 4.90 Å². The Labute approximate surface area is 123 Å². The summed E-state index contributed by atoms with van der Waals surface area (Å²) in [7, 11) is 0. The molecule has 0 aromatic carbocycles. The lowest BCUT2D eigenvalue weighted by molar-refractivity contribution is -0.201. The number of hydrogen-bond donors (Lipinski definition) is 1. The van der Waals surface area contributed by atoms with E-state index >= 15 is 0 Å². The Balaban J connectivity index is 2.07. The summed E-state index contributed by atoms with van der Waals surface area (Å²) >= 11 is 0. The van der Waals surface area contributed by atoms with Gasteiger partial charge in [0.05, 0.1) is 12.0 Å². The Bertz CT molecular complexity index is 372. The smallest absolute Gasteiger partial charge is 0.392 e. The van der Waals surface area contributed by atoms with Crippen LogP contribution in [-0.2, 0) is 4.79 Å². The molecule has 3 nitrogen and oxygen atoms in total. The second-order valence-corrected chi connectivity index (χ2v) is 6.35. The molecule has 1 saturated carbocycles. The van der Waals surface area contributed by atoms with Crippen LogP contribution in [0.5, 0.6) is 0 Å². The lowest BCUT2D eigenvalue weighted by atomic mass is 9.77. The largest absolute Gasteiger partial charge is 0.393 e. The Hall–Kier alpha value is -0.780. The van der Waals surface area contributed by atoms with Crippen molar-refractivity contribution in [3.05, 3.63) is 0 Å². The van der Waals surface area contributed by atoms with Gasteiger partial charge in [-0.1, -0.05) is 19.8 Å². The summed E-state index contributed by atoms with van der Waals surface area (Å²) < 4.78 is 39.3. The Morgan fingerprint density at radius 2 is 1.90 bits per heavy atom. The molecule has 122 valence electrons. The first kappa shape index (κ1) is 16.6. The van der Waals surface area contributed by atoms with Crippen LogP contribution in [0, 0.1) is 17.8 Å². The van der Waals surface area contributed by atoms with Gasteiger partial charge in [-0.15, -0.1) is 0 Å². The minimum absolute atomic E-state index is 0.0179. The van der Waals surface area contributed by atoms with Gasteiger partial charge in [-0.2, -0.15) is 13.2 Å². The summed E-state index contributed by atoms with van der Waals surface area (Å²) in [6, 6.07) is 0. The average Bonchev–Trinajstić information content (AvgIpc) is 2.46. The first-order valence-electron chi connectivity index (χ1n) is 7.88. The zero-order chi connectivity index (χ0) is 15.6. The fourth-order valence-corrected chi connectivity index (χ4v) is 3.67. The number of amides is 1. The molecule has 1 saturated heterocycles. The minimum Gasteiger partial charge on any atom is -0.393 e. The summed E-state index contributed by atoms with van der Waals surface area (Å²) in [5, 5.41) is 9.84. The molecule has 0 aromatic rings. The molecule has 4 atom stereocenters. The fourth-order valence-electron chi connectivity index (χ4n) is 3.67. The van der Waals surface area contributed by atoms with Gasteiger partial charge in [-0.3, -0.25) is 4.79 Å². The van der Waals surface area contributed by atoms with Crippen LogP contribution in [0.2, 0.25) is 0 Å². The summed E-state index contributed by atoms with van der Waals surface area (Å²) in [4.78, 5) is 14.1. The lowest BCUT2D eigenvalue weighted by Crippen LogP contribution is -2.50. The van der Waals surface area contributed by atoms with Gasteiger partial charge < -0.3 is 10.0 Å². The second-order valence-electron chi connectivity index (χ2n) is 6.35. The minimum atomic E-state index is -4.29. The molecule has 4 unspecified atom stereocenters. The van der Waals surface area contributed by atoms with Gasteiger partial charge in [0.2, 0.25) is 5.91 Å². The van der Waals surface area contributed by atoms with E-state index in [2.05, 4.69) is 0 Å². The van der Waals surface area contributed by atoms with Crippen molar-refractivity contribution in [1.82, 2.24) is 4.90 Å². The van der Waals surface area contributed by atoms with E-state index in [-0.39, 0.29) is 18.2 Å². The highest BCUT2D eigenvalue weighted by Crippen LogP contribution is 2.42. The van der Waals surface area contributed by atoms with Crippen LogP contribution in [0.4, 0.5) is 13.2 Å². The van der Waals surface area contributed by atoms with Crippen molar-refractivity contribution in [2.45, 2.75) is 57.7 Å². The number of likely N-dealkylation sites (tertiary alicyclic amines) is 1. The van der Waals surface area contributed by atoms with Gasteiger partial charge in [-0.25, -0.2) is 0 Å². The van der Waals surface area contributed by atoms with Gasteiger partial charge in [-0.05, 0) is 25.7 Å². The molecule has 1 aliphatic heterocycles. The Kier molecular flexibility index (Phi) is 5.17. The molecule has 1 heterocycles. The van der Waals surface area contributed by atoms with Crippen molar-refractivity contribution >= 4 is 5.91 Å². The summed E-state index contributed by atoms with van der Waals surface area (Å²) in [5.74, 6) is -2.80. The molecule has 0 bridgehead atoms. The highest BCUT2D eigenvalue weighted by atomic mass is 19.4. The van der Waals surface area contributed by atoms with Crippen LogP contribution in [0.1, 0.15) is 45.4 Å². The third-order valence-electron chi connectivity index (χ3n) is 5.03. The number of aliphatic hydroxyl groups excluding tert-OH is 1. The van der Waals surface area contributed by atoms with Crippen molar-refractivity contribution in [2.75, 3.05) is 13.1 Å². The molecule has 1 aliphatic carbocycles. The predicted octanol–water partition coefficient (Wildman–Crippen LogP) is 2.97. The van der Waals surface area contributed by atoms with Crippen LogP contribution < -0.4 is 0 Å². The molecule has 2 rings (SSSR count). The molecule has 0 radical (unpaired) electrons. The third kappa shape index (κ3) is 3.71. The molecule has 2 fully saturated rings. The standard InChI is InChI=1S/C15H24F3NO2/c1-2-10-9-19(8-7-13(10)20)14(21)11-5-3-4-6-12(11)15(16,17)18/h10-13,20H,2-9H2,1H3. The van der Waals surface area contributed by atoms with E-state index in [9.17, 15) is 23.1 Å². The number of carbonyl (C=O) groups is 1. The van der Waals surface area contributed by atoms with Crippen molar-refractivity contribution < 1.29 is 23.1 Å². The maximum atomic E-state index is 13.1. The summed E-state index contributed by atoms with van der Waals surface area (Å²) in [5.41, 5.74) is 0. The number of carbonyl (C=O) groups excluding carboxylic acids is 1. The second kappa shape index (κ2) is 6.55. The maximum absolute atomic E-state index is 13.1. The molecule has 1 N–H and O–H groups in total. The zero-order valence-corrected chi connectivity index (χ0v) is 12.4. The normalized spacial score (nSPS) is 34.8. The number of piperidine rings is 1. The molecule has 0 spiro atoms. The topological polar surface area (TPSA) is 40.5 Å². The highest BCUT2D eigenvalue weighted by Gasteiger charge is 2.49. The van der Waals surface area contributed by atoms with Crippen LogP contribution in [0.3, 0.4) is 0 Å². The van der Waals surface area contributed by atoms with Gasteiger partial charge in [0.25, 0.3) is 0 Å².